The van der Waals surface area contributed by atoms with Gasteiger partial charge in [0.15, 0.2) is 0 Å². The highest BCUT2D eigenvalue weighted by atomic mass is 16.6. The van der Waals surface area contributed by atoms with E-state index in [1.807, 2.05) is 0 Å². The smallest absolute Gasteiger partial charge is 0.230 e. The van der Waals surface area contributed by atoms with Crippen molar-refractivity contribution >= 4 is 0 Å². The molecule has 16 heavy (non-hydrogen) atoms. The van der Waals surface area contributed by atoms with Gasteiger partial charge in [-0.3, -0.25) is 10.1 Å². The topological polar surface area (TPSA) is 43.1 Å². The fourth-order valence-corrected chi connectivity index (χ4v) is 1.73. The Morgan fingerprint density at radius 1 is 0.938 bits per heavy atom. The summed E-state index contributed by atoms with van der Waals surface area (Å²) in [5.74, 6) is 0. The average molecular weight is 227 g/mol. The lowest BCUT2D eigenvalue weighted by Crippen LogP contribution is -1.83. The molecule has 0 unspecified atom stereocenters. The maximum absolute atomic E-state index is 9.98. The lowest BCUT2D eigenvalue weighted by molar-refractivity contribution is -0.402. The zero-order valence-corrected chi connectivity index (χ0v) is 10.5. The molecule has 0 spiro atoms. The molecule has 0 amide bonds. The van der Waals surface area contributed by atoms with Crippen molar-refractivity contribution in [3.05, 3.63) is 22.4 Å². The average Bonchev–Trinajstić information content (AvgIpc) is 2.25. The summed E-state index contributed by atoms with van der Waals surface area (Å²) >= 11 is 0. The number of rotatable bonds is 11. The van der Waals surface area contributed by atoms with E-state index in [1.54, 1.807) is 6.08 Å². The lowest BCUT2D eigenvalue weighted by Gasteiger charge is -2.00. The number of hydrogen-bond acceptors (Lipinski definition) is 2. The van der Waals surface area contributed by atoms with Crippen LogP contribution in [0.5, 0.6) is 0 Å². The molecule has 0 saturated carbocycles. The zero-order valence-electron chi connectivity index (χ0n) is 10.5. The summed E-state index contributed by atoms with van der Waals surface area (Å²) in [6, 6.07) is 0. The molecule has 0 rings (SSSR count). The molecular formula is C13H25NO2. The minimum Gasteiger partial charge on any atom is -0.259 e. The Bertz CT molecular complexity index is 190. The van der Waals surface area contributed by atoms with Gasteiger partial charge in [-0.2, -0.15) is 0 Å². The first-order valence-electron chi connectivity index (χ1n) is 6.57. The highest BCUT2D eigenvalue weighted by molar-refractivity contribution is 4.71. The Labute approximate surface area is 99.1 Å². The van der Waals surface area contributed by atoms with Crippen molar-refractivity contribution in [2.45, 2.75) is 71.1 Å². The summed E-state index contributed by atoms with van der Waals surface area (Å²) < 4.78 is 0. The normalized spacial score (nSPS) is 11.1. The van der Waals surface area contributed by atoms with Crippen molar-refractivity contribution < 1.29 is 4.92 Å². The Balaban J connectivity index is 3.01. The Kier molecular flexibility index (Phi) is 11.6. The van der Waals surface area contributed by atoms with Gasteiger partial charge in [0.25, 0.3) is 0 Å². The number of nitro groups is 1. The van der Waals surface area contributed by atoms with Crippen LogP contribution < -0.4 is 0 Å². The summed E-state index contributed by atoms with van der Waals surface area (Å²) in [6.45, 7) is 2.23. The third-order valence-corrected chi connectivity index (χ3v) is 2.70. The predicted octanol–water partition coefficient (Wildman–Crippen LogP) is 4.70. The molecule has 0 saturated heterocycles. The summed E-state index contributed by atoms with van der Waals surface area (Å²) in [4.78, 5) is 9.58. The fraction of sp³-hybridized carbons (Fsp3) is 0.846. The van der Waals surface area contributed by atoms with Crippen LogP contribution in [-0.4, -0.2) is 4.92 Å². The third-order valence-electron chi connectivity index (χ3n) is 2.70. The van der Waals surface area contributed by atoms with E-state index in [4.69, 9.17) is 0 Å². The molecule has 0 heterocycles. The molecule has 0 atom stereocenters. The molecule has 0 aliphatic carbocycles. The standard InChI is InChI=1S/C13H25NO2/c1-2-3-4-5-6-7-8-9-10-11-12-13-14(15)16/h12-13H,2-11H2,1H3. The summed E-state index contributed by atoms with van der Waals surface area (Å²) in [5.41, 5.74) is 0. The molecule has 0 aliphatic rings. The second kappa shape index (κ2) is 12.2. The molecule has 0 aliphatic heterocycles. The van der Waals surface area contributed by atoms with E-state index in [2.05, 4.69) is 6.92 Å². The first-order chi connectivity index (χ1) is 7.77. The maximum atomic E-state index is 9.98. The van der Waals surface area contributed by atoms with Crippen LogP contribution in [-0.2, 0) is 0 Å². The van der Waals surface area contributed by atoms with Crippen molar-refractivity contribution in [3.8, 4) is 0 Å². The van der Waals surface area contributed by atoms with E-state index in [1.165, 1.54) is 51.4 Å². The van der Waals surface area contributed by atoms with Gasteiger partial charge >= 0.3 is 0 Å². The number of allylic oxidation sites excluding steroid dienone is 1. The van der Waals surface area contributed by atoms with Crippen LogP contribution in [0.25, 0.3) is 0 Å². The van der Waals surface area contributed by atoms with Crippen LogP contribution in [0.4, 0.5) is 0 Å². The van der Waals surface area contributed by atoms with Gasteiger partial charge in [-0.15, -0.1) is 0 Å². The van der Waals surface area contributed by atoms with Gasteiger partial charge in [0.2, 0.25) is 6.20 Å². The molecule has 94 valence electrons. The van der Waals surface area contributed by atoms with Gasteiger partial charge in [0, 0.05) is 0 Å². The Hall–Kier alpha value is -0.860. The van der Waals surface area contributed by atoms with Crippen molar-refractivity contribution in [1.29, 1.82) is 0 Å². The molecule has 0 N–H and O–H groups in total. The van der Waals surface area contributed by atoms with E-state index in [-0.39, 0.29) is 0 Å². The van der Waals surface area contributed by atoms with E-state index >= 15 is 0 Å². The predicted molar refractivity (Wildman–Crippen MR) is 68.0 cm³/mol. The molecule has 0 aromatic heterocycles. The number of nitrogens with zero attached hydrogens (tertiary/aromatic N) is 1. The summed E-state index contributed by atoms with van der Waals surface area (Å²) in [7, 11) is 0. The highest BCUT2D eigenvalue weighted by Gasteiger charge is 1.91. The van der Waals surface area contributed by atoms with Crippen molar-refractivity contribution in [2.24, 2.45) is 0 Å². The maximum Gasteiger partial charge on any atom is 0.230 e. The summed E-state index contributed by atoms with van der Waals surface area (Å²) in [6.07, 6.45) is 15.2. The molecule has 0 fully saturated rings. The van der Waals surface area contributed by atoms with Gasteiger partial charge in [0.05, 0.1) is 4.92 Å². The lowest BCUT2D eigenvalue weighted by atomic mass is 10.1. The van der Waals surface area contributed by atoms with Crippen LogP contribution in [0, 0.1) is 10.1 Å². The Morgan fingerprint density at radius 2 is 1.44 bits per heavy atom. The van der Waals surface area contributed by atoms with Gasteiger partial charge in [-0.25, -0.2) is 0 Å². The monoisotopic (exact) mass is 227 g/mol. The van der Waals surface area contributed by atoms with E-state index in [0.717, 1.165) is 19.0 Å². The summed E-state index contributed by atoms with van der Waals surface area (Å²) in [5, 5.41) is 9.98. The minimum absolute atomic E-state index is 0.395. The van der Waals surface area contributed by atoms with Gasteiger partial charge < -0.3 is 0 Å². The third kappa shape index (κ3) is 13.1. The second-order valence-electron chi connectivity index (χ2n) is 4.29. The van der Waals surface area contributed by atoms with Crippen molar-refractivity contribution in [3.63, 3.8) is 0 Å². The van der Waals surface area contributed by atoms with E-state index in [9.17, 15) is 10.1 Å². The van der Waals surface area contributed by atoms with Gasteiger partial charge in [-0.05, 0) is 18.9 Å². The van der Waals surface area contributed by atoms with Crippen LogP contribution >= 0.6 is 0 Å². The molecule has 0 aromatic carbocycles. The first-order valence-corrected chi connectivity index (χ1v) is 6.57. The van der Waals surface area contributed by atoms with Gasteiger partial charge in [-0.1, -0.05) is 58.3 Å². The number of unbranched alkanes of at least 4 members (excludes halogenated alkanes) is 9. The van der Waals surface area contributed by atoms with Crippen LogP contribution in [0.15, 0.2) is 12.3 Å². The Morgan fingerprint density at radius 3 is 1.94 bits per heavy atom. The molecule has 0 bridgehead atoms. The molecule has 0 aromatic rings. The molecule has 3 nitrogen and oxygen atoms in total. The van der Waals surface area contributed by atoms with Crippen molar-refractivity contribution in [2.75, 3.05) is 0 Å². The van der Waals surface area contributed by atoms with Crippen LogP contribution in [0.1, 0.15) is 71.1 Å². The largest absolute Gasteiger partial charge is 0.259 e. The minimum atomic E-state index is -0.395. The van der Waals surface area contributed by atoms with Gasteiger partial charge in [0.1, 0.15) is 0 Å². The number of hydrogen-bond donors (Lipinski definition) is 0. The van der Waals surface area contributed by atoms with E-state index in [0.29, 0.717) is 0 Å². The first kappa shape index (κ1) is 15.1. The quantitative estimate of drug-likeness (QED) is 0.292. The van der Waals surface area contributed by atoms with Crippen molar-refractivity contribution in [1.82, 2.24) is 0 Å². The van der Waals surface area contributed by atoms with E-state index < -0.39 is 4.92 Å². The van der Waals surface area contributed by atoms with Crippen LogP contribution in [0.3, 0.4) is 0 Å². The molecule has 0 radical (unpaired) electrons. The SMILES string of the molecule is CCCCCCCCCCCC=C[N+](=O)[O-]. The van der Waals surface area contributed by atoms with Crippen LogP contribution in [0.2, 0.25) is 0 Å². The fourth-order valence-electron chi connectivity index (χ4n) is 1.73. The second-order valence-corrected chi connectivity index (χ2v) is 4.29. The zero-order chi connectivity index (χ0) is 12.1. The highest BCUT2D eigenvalue weighted by Crippen LogP contribution is 2.10. The molecule has 3 heteroatoms. The molecular weight excluding hydrogens is 202 g/mol.